The summed E-state index contributed by atoms with van der Waals surface area (Å²) in [6.07, 6.45) is -4.39. The highest BCUT2D eigenvalue weighted by Gasteiger charge is 2.94. The maximum Gasteiger partial charge on any atom is 0.460 e. The molecule has 0 fully saturated rings. The van der Waals surface area contributed by atoms with Gasteiger partial charge in [0.25, 0.3) is 0 Å². The second-order valence-corrected chi connectivity index (χ2v) is 10.2. The molecule has 3 rings (SSSR count). The zero-order chi connectivity index (χ0) is 35.0. The van der Waals surface area contributed by atoms with Gasteiger partial charge in [0.1, 0.15) is 0 Å². The number of alkyl halides is 15. The van der Waals surface area contributed by atoms with E-state index in [9.17, 15) is 65.9 Å². The Morgan fingerprint density at radius 1 is 0.609 bits per heavy atom. The summed E-state index contributed by atoms with van der Waals surface area (Å²) in [6, 6.07) is 5.56. The Morgan fingerprint density at radius 2 is 1.13 bits per heavy atom. The zero-order valence-electron chi connectivity index (χ0n) is 23.3. The van der Waals surface area contributed by atoms with Gasteiger partial charge in [0.05, 0.1) is 6.61 Å². The molecule has 4 nitrogen and oxygen atoms in total. The first kappa shape index (κ1) is 37.2. The lowest BCUT2D eigenvalue weighted by Crippen LogP contribution is -2.74. The molecule has 260 valence electrons. The summed E-state index contributed by atoms with van der Waals surface area (Å²) in [6.45, 7) is 2.44. The van der Waals surface area contributed by atoms with Crippen LogP contribution in [0.1, 0.15) is 45.4 Å². The topological polar surface area (TPSA) is 40.6 Å². The summed E-state index contributed by atoms with van der Waals surface area (Å²) in [5, 5.41) is 0. The molecule has 1 aliphatic heterocycles. The molecule has 0 amide bonds. The van der Waals surface area contributed by atoms with E-state index in [-0.39, 0.29) is 17.0 Å². The summed E-state index contributed by atoms with van der Waals surface area (Å²) in [5.41, 5.74) is 0.303. The minimum atomic E-state index is -8.40. The average Bonchev–Trinajstić information content (AvgIpc) is 3.40. The van der Waals surface area contributed by atoms with E-state index in [0.717, 1.165) is 56.7 Å². The van der Waals surface area contributed by atoms with E-state index in [1.807, 2.05) is 0 Å². The maximum absolute atomic E-state index is 14.6. The minimum absolute atomic E-state index is 0.0685. The van der Waals surface area contributed by atoms with Crippen LogP contribution in [0.2, 0.25) is 0 Å². The number of unbranched alkanes of at least 4 members (excludes halogenated alkanes) is 5. The minimum Gasteiger partial charge on any atom is -0.478 e. The Kier molecular flexibility index (Phi) is 10.3. The van der Waals surface area contributed by atoms with Crippen LogP contribution in [0.3, 0.4) is 0 Å². The van der Waals surface area contributed by atoms with Gasteiger partial charge in [-0.15, -0.1) is 0 Å². The first-order valence-corrected chi connectivity index (χ1v) is 13.4. The van der Waals surface area contributed by atoms with Gasteiger partial charge in [-0.25, -0.2) is 4.98 Å². The van der Waals surface area contributed by atoms with Gasteiger partial charge in [-0.1, -0.05) is 45.1 Å². The summed E-state index contributed by atoms with van der Waals surface area (Å²) in [4.78, 5) is 4.03. The van der Waals surface area contributed by atoms with Crippen molar-refractivity contribution in [2.45, 2.75) is 93.5 Å². The Labute approximate surface area is 250 Å². The van der Waals surface area contributed by atoms with Crippen molar-refractivity contribution in [2.75, 3.05) is 6.61 Å². The lowest BCUT2D eigenvalue weighted by atomic mass is 9.91. The van der Waals surface area contributed by atoms with Crippen molar-refractivity contribution < 1.29 is 80.1 Å². The van der Waals surface area contributed by atoms with Crippen LogP contribution in [0.5, 0.6) is 17.4 Å². The van der Waals surface area contributed by atoms with Gasteiger partial charge < -0.3 is 14.2 Å². The highest BCUT2D eigenvalue weighted by atomic mass is 19.4. The van der Waals surface area contributed by atoms with E-state index in [2.05, 4.69) is 21.4 Å². The van der Waals surface area contributed by atoms with Crippen LogP contribution in [0.15, 0.2) is 36.5 Å². The summed E-state index contributed by atoms with van der Waals surface area (Å²) < 4.78 is 218. The van der Waals surface area contributed by atoms with Crippen molar-refractivity contribution in [2.24, 2.45) is 0 Å². The maximum atomic E-state index is 14.6. The van der Waals surface area contributed by atoms with E-state index >= 15 is 0 Å². The molecule has 2 aromatic rings. The van der Waals surface area contributed by atoms with Crippen LogP contribution < -0.4 is 14.2 Å². The molecule has 0 N–H and O–H groups in total. The molecule has 0 spiro atoms. The van der Waals surface area contributed by atoms with Gasteiger partial charge in [0.15, 0.2) is 11.5 Å². The summed E-state index contributed by atoms with van der Waals surface area (Å²) in [5.74, 6) is -49.1. The van der Waals surface area contributed by atoms with Crippen LogP contribution in [-0.4, -0.2) is 59.6 Å². The van der Waals surface area contributed by atoms with E-state index in [1.54, 1.807) is 0 Å². The Balaban J connectivity index is 1.76. The van der Waals surface area contributed by atoms with Crippen LogP contribution in [-0.2, 0) is 0 Å². The van der Waals surface area contributed by atoms with Crippen molar-refractivity contribution in [3.05, 3.63) is 36.5 Å². The zero-order valence-corrected chi connectivity index (χ0v) is 23.3. The molecule has 2 heterocycles. The molecule has 0 saturated heterocycles. The van der Waals surface area contributed by atoms with Gasteiger partial charge in [-0.3, -0.25) is 0 Å². The van der Waals surface area contributed by atoms with Gasteiger partial charge >= 0.3 is 48.0 Å². The van der Waals surface area contributed by atoms with E-state index < -0.39 is 59.5 Å². The molecule has 46 heavy (non-hydrogen) atoms. The highest BCUT2D eigenvalue weighted by molar-refractivity contribution is 5.67. The number of hydrogen-bond donors (Lipinski definition) is 0. The van der Waals surface area contributed by atoms with Crippen LogP contribution >= 0.6 is 0 Å². The van der Waals surface area contributed by atoms with Crippen LogP contribution in [0.4, 0.5) is 65.9 Å². The van der Waals surface area contributed by atoms with Gasteiger partial charge in [-0.05, 0) is 30.2 Å². The number of hydrogen-bond acceptors (Lipinski definition) is 4. The number of fused-ring (bicyclic) bond motifs is 1. The Bertz CT molecular complexity index is 1330. The molecule has 1 aromatic heterocycles. The van der Waals surface area contributed by atoms with Crippen LogP contribution in [0, 0.1) is 0 Å². The summed E-state index contributed by atoms with van der Waals surface area (Å²) >= 11 is 0. The molecule has 0 bridgehead atoms. The van der Waals surface area contributed by atoms with Crippen molar-refractivity contribution in [1.82, 2.24) is 4.98 Å². The molecule has 0 aliphatic carbocycles. The molecule has 0 saturated carbocycles. The fraction of sp³-hybridized carbons (Fsp3) is 0.593. The molecular weight excluding hydrogens is 671 g/mol. The number of benzene rings is 1. The molecular formula is C27H24F15NO3. The molecule has 1 unspecified atom stereocenters. The normalized spacial score (nSPS) is 16.6. The monoisotopic (exact) mass is 695 g/mol. The van der Waals surface area contributed by atoms with Crippen molar-refractivity contribution in [3.8, 4) is 28.5 Å². The molecule has 1 aliphatic rings. The van der Waals surface area contributed by atoms with Gasteiger partial charge in [0.2, 0.25) is 5.88 Å². The second kappa shape index (κ2) is 12.7. The Hall–Kier alpha value is -3.28. The third-order valence-electron chi connectivity index (χ3n) is 6.88. The number of halogens is 15. The molecule has 1 atom stereocenters. The van der Waals surface area contributed by atoms with E-state index in [4.69, 9.17) is 4.74 Å². The third kappa shape index (κ3) is 6.33. The smallest absolute Gasteiger partial charge is 0.460 e. The standard InChI is InChI=1S/C27H24F15NO3/c1-2-3-4-5-6-7-12-44-19-11-9-16(14-43-19)15-8-10-17-18(13-15)46-20(45-17)21(28,29)22(30,31)23(32,33)24(34,35)25(36,37)26(38,39)27(40,41)42/h8-11,13-14,20H,2-7,12H2,1H3. The van der Waals surface area contributed by atoms with Crippen molar-refractivity contribution in [3.63, 3.8) is 0 Å². The van der Waals surface area contributed by atoms with Crippen molar-refractivity contribution in [1.29, 1.82) is 0 Å². The average molecular weight is 695 g/mol. The Morgan fingerprint density at radius 3 is 1.70 bits per heavy atom. The molecule has 0 radical (unpaired) electrons. The van der Waals surface area contributed by atoms with Gasteiger partial charge in [0, 0.05) is 17.8 Å². The predicted octanol–water partition coefficient (Wildman–Crippen LogP) is 9.96. The first-order valence-electron chi connectivity index (χ1n) is 13.4. The lowest BCUT2D eigenvalue weighted by Gasteiger charge is -2.41. The molecule has 1 aromatic carbocycles. The number of pyridine rings is 1. The van der Waals surface area contributed by atoms with Crippen LogP contribution in [0.25, 0.3) is 11.1 Å². The molecule has 19 heteroatoms. The third-order valence-corrected chi connectivity index (χ3v) is 6.88. The van der Waals surface area contributed by atoms with Gasteiger partial charge in [-0.2, -0.15) is 65.9 Å². The fourth-order valence-corrected chi connectivity index (χ4v) is 4.10. The number of nitrogens with zero attached hydrogens (tertiary/aromatic N) is 1. The predicted molar refractivity (Wildman–Crippen MR) is 129 cm³/mol. The van der Waals surface area contributed by atoms with E-state index in [1.165, 1.54) is 18.3 Å². The number of rotatable bonds is 15. The van der Waals surface area contributed by atoms with E-state index in [0.29, 0.717) is 6.61 Å². The largest absolute Gasteiger partial charge is 0.478 e. The lowest BCUT2D eigenvalue weighted by molar-refractivity contribution is -0.457. The highest BCUT2D eigenvalue weighted by Crippen LogP contribution is 2.63. The number of aromatic nitrogens is 1. The SMILES string of the molecule is CCCCCCCCOc1ccc(-c2ccc3c(c2)OC(C(F)(F)C(F)(F)C(F)(F)C(F)(F)C(F)(F)C(F)(F)C(F)(F)F)O3)cn1. The fourth-order valence-electron chi connectivity index (χ4n) is 4.10. The first-order chi connectivity index (χ1) is 21.0. The summed E-state index contributed by atoms with van der Waals surface area (Å²) in [7, 11) is 0. The second-order valence-electron chi connectivity index (χ2n) is 10.2. The van der Waals surface area contributed by atoms with Crippen molar-refractivity contribution >= 4 is 0 Å². The number of ether oxygens (including phenoxy) is 3. The quantitative estimate of drug-likeness (QED) is 0.137.